The van der Waals surface area contributed by atoms with Crippen molar-refractivity contribution < 1.29 is 21.8 Å². The third-order valence-corrected chi connectivity index (χ3v) is 1.80. The van der Waals surface area contributed by atoms with Gasteiger partial charge in [-0.15, -0.1) is 0 Å². The zero-order valence-electron chi connectivity index (χ0n) is 5.53. The molecule has 7 heteroatoms. The summed E-state index contributed by atoms with van der Waals surface area (Å²) in [5, 5.41) is -1.30. The van der Waals surface area contributed by atoms with Gasteiger partial charge in [-0.25, -0.2) is 9.37 Å². The maximum absolute atomic E-state index is 12.5. The molecule has 0 aliphatic rings. The third kappa shape index (κ3) is 1.74. The van der Waals surface area contributed by atoms with Gasteiger partial charge in [0.1, 0.15) is 0 Å². The molecular weight excluding hydrogens is 192 g/mol. The van der Waals surface area contributed by atoms with E-state index < -0.39 is 26.9 Å². The Morgan fingerprint density at radius 1 is 1.33 bits per heavy atom. The summed E-state index contributed by atoms with van der Waals surface area (Å²) < 4.78 is 53.6. The van der Waals surface area contributed by atoms with Crippen LogP contribution >= 0.6 is 0 Å². The molecule has 1 aromatic heterocycles. The van der Waals surface area contributed by atoms with Crippen molar-refractivity contribution in [2.45, 2.75) is 5.03 Å². The maximum Gasteiger partial charge on any atom is 0.315 e. The number of aromatic nitrogens is 1. The Bertz CT molecular complexity index is 403. The predicted octanol–water partition coefficient (Wildman–Crippen LogP) is 0.607. The van der Waals surface area contributed by atoms with Crippen LogP contribution in [0.2, 0.25) is 0 Å². The van der Waals surface area contributed by atoms with Gasteiger partial charge in [0, 0.05) is 0 Å². The molecule has 0 saturated heterocycles. The van der Waals surface area contributed by atoms with E-state index in [4.69, 9.17) is 4.55 Å². The SMILES string of the molecule is O=S(=O)(O)c1nc(F)ccc1F. The number of hydrogen-bond acceptors (Lipinski definition) is 3. The van der Waals surface area contributed by atoms with E-state index in [-0.39, 0.29) is 0 Å². The minimum absolute atomic E-state index is 0.561. The normalized spacial score (nSPS) is 11.6. The Morgan fingerprint density at radius 2 is 1.92 bits per heavy atom. The summed E-state index contributed by atoms with van der Waals surface area (Å²) in [7, 11) is -4.78. The fraction of sp³-hybridized carbons (Fsp3) is 0. The first-order valence-electron chi connectivity index (χ1n) is 2.71. The molecule has 0 fully saturated rings. The molecule has 1 rings (SSSR count). The molecule has 0 bridgehead atoms. The van der Waals surface area contributed by atoms with E-state index in [0.29, 0.717) is 12.1 Å². The van der Waals surface area contributed by atoms with Gasteiger partial charge in [-0.1, -0.05) is 0 Å². The van der Waals surface area contributed by atoms with Crippen LogP contribution < -0.4 is 0 Å². The minimum atomic E-state index is -4.78. The van der Waals surface area contributed by atoms with Crippen molar-refractivity contribution in [1.82, 2.24) is 4.98 Å². The first kappa shape index (κ1) is 9.01. The van der Waals surface area contributed by atoms with Crippen LogP contribution in [-0.4, -0.2) is 18.0 Å². The largest absolute Gasteiger partial charge is 0.315 e. The molecule has 1 heterocycles. The summed E-state index contributed by atoms with van der Waals surface area (Å²) in [4.78, 5) is 2.66. The van der Waals surface area contributed by atoms with Crippen LogP contribution in [0, 0.1) is 11.8 Å². The Balaban J connectivity index is 3.43. The Morgan fingerprint density at radius 3 is 2.33 bits per heavy atom. The van der Waals surface area contributed by atoms with E-state index >= 15 is 0 Å². The maximum atomic E-state index is 12.5. The van der Waals surface area contributed by atoms with E-state index in [1.165, 1.54) is 0 Å². The Hall–Kier alpha value is -1.08. The van der Waals surface area contributed by atoms with Gasteiger partial charge in [0.25, 0.3) is 0 Å². The summed E-state index contributed by atoms with van der Waals surface area (Å²) in [5.74, 6) is -2.47. The van der Waals surface area contributed by atoms with Crippen molar-refractivity contribution in [3.8, 4) is 0 Å². The third-order valence-electron chi connectivity index (χ3n) is 1.02. The zero-order chi connectivity index (χ0) is 9.35. The summed E-state index contributed by atoms with van der Waals surface area (Å²) in [6.45, 7) is 0. The second kappa shape index (κ2) is 2.76. The van der Waals surface area contributed by atoms with Crippen LogP contribution in [-0.2, 0) is 10.1 Å². The molecular formula is C5H3F2NO3S. The summed E-state index contributed by atoms with van der Waals surface area (Å²) >= 11 is 0. The van der Waals surface area contributed by atoms with Crippen molar-refractivity contribution in [2.24, 2.45) is 0 Å². The number of halogens is 2. The lowest BCUT2D eigenvalue weighted by Crippen LogP contribution is -2.05. The Kier molecular flexibility index (Phi) is 2.07. The molecule has 4 nitrogen and oxygen atoms in total. The van der Waals surface area contributed by atoms with Crippen LogP contribution in [0.3, 0.4) is 0 Å². The lowest BCUT2D eigenvalue weighted by molar-refractivity contribution is 0.455. The van der Waals surface area contributed by atoms with E-state index in [1.54, 1.807) is 0 Å². The molecule has 0 aromatic carbocycles. The zero-order valence-corrected chi connectivity index (χ0v) is 6.35. The summed E-state index contributed by atoms with van der Waals surface area (Å²) in [6, 6.07) is 1.20. The molecule has 12 heavy (non-hydrogen) atoms. The highest BCUT2D eigenvalue weighted by molar-refractivity contribution is 7.85. The van der Waals surface area contributed by atoms with Gasteiger partial charge in [0.15, 0.2) is 5.82 Å². The van der Waals surface area contributed by atoms with Gasteiger partial charge >= 0.3 is 10.1 Å². The first-order chi connectivity index (χ1) is 5.41. The molecule has 0 saturated carbocycles. The smallest absolute Gasteiger partial charge is 0.281 e. The molecule has 0 atom stereocenters. The summed E-state index contributed by atoms with van der Waals surface area (Å²) in [6.07, 6.45) is 0. The number of nitrogens with zero attached hydrogens (tertiary/aromatic N) is 1. The second-order valence-corrected chi connectivity index (χ2v) is 3.23. The van der Waals surface area contributed by atoms with E-state index in [9.17, 15) is 17.2 Å². The minimum Gasteiger partial charge on any atom is -0.281 e. The van der Waals surface area contributed by atoms with Gasteiger partial charge in [-0.2, -0.15) is 12.8 Å². The van der Waals surface area contributed by atoms with Gasteiger partial charge in [-0.05, 0) is 12.1 Å². The van der Waals surface area contributed by atoms with Crippen molar-refractivity contribution in [2.75, 3.05) is 0 Å². The Labute approximate surface area is 66.6 Å². The average Bonchev–Trinajstić information content (AvgIpc) is 1.92. The fourth-order valence-corrected chi connectivity index (χ4v) is 1.10. The van der Waals surface area contributed by atoms with Crippen LogP contribution in [0.1, 0.15) is 0 Å². The van der Waals surface area contributed by atoms with E-state index in [0.717, 1.165) is 0 Å². The molecule has 0 radical (unpaired) electrons. The van der Waals surface area contributed by atoms with Crippen molar-refractivity contribution in [3.63, 3.8) is 0 Å². The van der Waals surface area contributed by atoms with Gasteiger partial charge in [0.05, 0.1) is 0 Å². The first-order valence-corrected chi connectivity index (χ1v) is 4.15. The molecule has 0 aliphatic heterocycles. The van der Waals surface area contributed by atoms with Crippen molar-refractivity contribution in [1.29, 1.82) is 0 Å². The van der Waals surface area contributed by atoms with Gasteiger partial charge in [-0.3, -0.25) is 4.55 Å². The van der Waals surface area contributed by atoms with Crippen LogP contribution in [0.4, 0.5) is 8.78 Å². The molecule has 0 amide bonds. The predicted molar refractivity (Wildman–Crippen MR) is 34.0 cm³/mol. The molecule has 1 aromatic rings. The lowest BCUT2D eigenvalue weighted by Gasteiger charge is -1.96. The summed E-state index contributed by atoms with van der Waals surface area (Å²) in [5.41, 5.74) is 0. The molecule has 66 valence electrons. The van der Waals surface area contributed by atoms with Gasteiger partial charge in [0.2, 0.25) is 11.0 Å². The van der Waals surface area contributed by atoms with Gasteiger partial charge < -0.3 is 0 Å². The van der Waals surface area contributed by atoms with Crippen molar-refractivity contribution >= 4 is 10.1 Å². The fourth-order valence-electron chi connectivity index (χ4n) is 0.582. The monoisotopic (exact) mass is 195 g/mol. The average molecular weight is 195 g/mol. The van der Waals surface area contributed by atoms with Crippen LogP contribution in [0.5, 0.6) is 0 Å². The molecule has 0 unspecified atom stereocenters. The highest BCUT2D eigenvalue weighted by atomic mass is 32.2. The number of hydrogen-bond donors (Lipinski definition) is 1. The standard InChI is InChI=1S/C5H3F2NO3S/c6-3-1-2-4(7)8-5(3)12(9,10)11/h1-2H,(H,9,10,11). The van der Waals surface area contributed by atoms with E-state index in [1.807, 2.05) is 0 Å². The molecule has 0 aliphatic carbocycles. The molecule has 0 spiro atoms. The highest BCUT2D eigenvalue weighted by Crippen LogP contribution is 2.10. The quantitative estimate of drug-likeness (QED) is 0.526. The van der Waals surface area contributed by atoms with E-state index in [2.05, 4.69) is 4.98 Å². The highest BCUT2D eigenvalue weighted by Gasteiger charge is 2.18. The van der Waals surface area contributed by atoms with Crippen LogP contribution in [0.25, 0.3) is 0 Å². The lowest BCUT2D eigenvalue weighted by atomic mass is 10.5. The second-order valence-electron chi connectivity index (χ2n) is 1.90. The van der Waals surface area contributed by atoms with Crippen molar-refractivity contribution in [3.05, 3.63) is 23.9 Å². The number of rotatable bonds is 1. The topological polar surface area (TPSA) is 67.3 Å². The van der Waals surface area contributed by atoms with Crippen LogP contribution in [0.15, 0.2) is 17.2 Å². The molecule has 1 N–H and O–H groups in total. The number of pyridine rings is 1.